The zero-order chi connectivity index (χ0) is 13.8. The van der Waals surface area contributed by atoms with E-state index in [1.165, 1.54) is 0 Å². The van der Waals surface area contributed by atoms with Crippen molar-refractivity contribution < 1.29 is 4.74 Å². The van der Waals surface area contributed by atoms with E-state index in [-0.39, 0.29) is 12.3 Å². The first-order chi connectivity index (χ1) is 9.15. The molecule has 0 bridgehead atoms. The molecule has 2 heterocycles. The largest absolute Gasteiger partial charge is 0.362 e. The fourth-order valence-corrected chi connectivity index (χ4v) is 2.20. The summed E-state index contributed by atoms with van der Waals surface area (Å²) in [5, 5.41) is 7.79. The molecule has 1 aliphatic rings. The van der Waals surface area contributed by atoms with Gasteiger partial charge in [-0.15, -0.1) is 6.42 Å². The first kappa shape index (κ1) is 13.9. The Bertz CT molecular complexity index is 496. The molecular formula is C15H21N3O. The van der Waals surface area contributed by atoms with Gasteiger partial charge in [0.1, 0.15) is 12.3 Å². The maximum Gasteiger partial charge on any atom is 0.137 e. The monoisotopic (exact) mass is 259 g/mol. The standard InChI is InChI=1S/C15H21N3O/c1-5-12(8-6-7-11(2)3)18-10-13-14(17-18)9-16-15(13)19-4/h1,6-7,10-12,15-16H,8-9H2,2-4H3/b7-6-. The minimum absolute atomic E-state index is 0.0295. The number of hydrogen-bond acceptors (Lipinski definition) is 3. The zero-order valence-corrected chi connectivity index (χ0v) is 11.8. The van der Waals surface area contributed by atoms with E-state index in [1.54, 1.807) is 7.11 Å². The highest BCUT2D eigenvalue weighted by molar-refractivity contribution is 5.25. The minimum atomic E-state index is -0.0617. The van der Waals surface area contributed by atoms with Gasteiger partial charge >= 0.3 is 0 Å². The van der Waals surface area contributed by atoms with Gasteiger partial charge in [0.25, 0.3) is 0 Å². The first-order valence-electron chi connectivity index (χ1n) is 6.62. The van der Waals surface area contributed by atoms with Crippen molar-refractivity contribution in [1.82, 2.24) is 15.1 Å². The number of terminal acetylenes is 1. The van der Waals surface area contributed by atoms with Crippen molar-refractivity contribution in [3.05, 3.63) is 29.6 Å². The van der Waals surface area contributed by atoms with Gasteiger partial charge in [-0.25, -0.2) is 0 Å². The molecule has 2 unspecified atom stereocenters. The number of aromatic nitrogens is 2. The van der Waals surface area contributed by atoms with Crippen LogP contribution >= 0.6 is 0 Å². The van der Waals surface area contributed by atoms with Gasteiger partial charge in [0.15, 0.2) is 0 Å². The summed E-state index contributed by atoms with van der Waals surface area (Å²) in [5.74, 6) is 3.35. The molecular weight excluding hydrogens is 238 g/mol. The summed E-state index contributed by atoms with van der Waals surface area (Å²) in [6.45, 7) is 5.04. The van der Waals surface area contributed by atoms with Crippen LogP contribution in [0.3, 0.4) is 0 Å². The Morgan fingerprint density at radius 1 is 1.68 bits per heavy atom. The molecule has 0 saturated carbocycles. The topological polar surface area (TPSA) is 39.1 Å². The predicted molar refractivity (Wildman–Crippen MR) is 75.3 cm³/mol. The van der Waals surface area contributed by atoms with Crippen molar-refractivity contribution in [2.75, 3.05) is 7.11 Å². The second-order valence-corrected chi connectivity index (χ2v) is 5.10. The summed E-state index contributed by atoms with van der Waals surface area (Å²) in [6.07, 6.45) is 12.7. The van der Waals surface area contributed by atoms with Crippen molar-refractivity contribution >= 4 is 0 Å². The van der Waals surface area contributed by atoms with E-state index in [9.17, 15) is 0 Å². The predicted octanol–water partition coefficient (Wildman–Crippen LogP) is 2.41. The smallest absolute Gasteiger partial charge is 0.137 e. The summed E-state index contributed by atoms with van der Waals surface area (Å²) >= 11 is 0. The molecule has 1 N–H and O–H groups in total. The third-order valence-electron chi connectivity index (χ3n) is 3.21. The van der Waals surface area contributed by atoms with Crippen molar-refractivity contribution in [2.45, 2.75) is 39.1 Å². The van der Waals surface area contributed by atoms with E-state index in [0.717, 1.165) is 24.2 Å². The summed E-state index contributed by atoms with van der Waals surface area (Å²) in [4.78, 5) is 0. The fourth-order valence-electron chi connectivity index (χ4n) is 2.20. The van der Waals surface area contributed by atoms with E-state index < -0.39 is 0 Å². The van der Waals surface area contributed by atoms with Crippen LogP contribution in [0.25, 0.3) is 0 Å². The van der Waals surface area contributed by atoms with Gasteiger partial charge in [-0.2, -0.15) is 5.10 Å². The Morgan fingerprint density at radius 3 is 3.11 bits per heavy atom. The lowest BCUT2D eigenvalue weighted by Gasteiger charge is -2.11. The molecule has 4 heteroatoms. The Balaban J connectivity index is 2.11. The van der Waals surface area contributed by atoms with Crippen LogP contribution in [0.1, 0.15) is 43.8 Å². The molecule has 0 spiro atoms. The number of nitrogens with zero attached hydrogens (tertiary/aromatic N) is 2. The second-order valence-electron chi connectivity index (χ2n) is 5.10. The van der Waals surface area contributed by atoms with Crippen LogP contribution in [0.5, 0.6) is 0 Å². The summed E-state index contributed by atoms with van der Waals surface area (Å²) in [6, 6.07) is -0.0295. The number of methoxy groups -OCH3 is 1. The molecule has 0 aromatic carbocycles. The number of allylic oxidation sites excluding steroid dienone is 2. The maximum atomic E-state index is 5.62. The van der Waals surface area contributed by atoms with Crippen LogP contribution in [0, 0.1) is 18.3 Å². The summed E-state index contributed by atoms with van der Waals surface area (Å²) in [5.41, 5.74) is 2.12. The van der Waals surface area contributed by atoms with Gasteiger partial charge in [-0.05, 0) is 12.3 Å². The quantitative estimate of drug-likeness (QED) is 0.652. The van der Waals surface area contributed by atoms with E-state index in [0.29, 0.717) is 5.92 Å². The van der Waals surface area contributed by atoms with E-state index >= 15 is 0 Å². The summed E-state index contributed by atoms with van der Waals surface area (Å²) < 4.78 is 7.22. The Hall–Kier alpha value is -1.57. The molecule has 0 aliphatic carbocycles. The Kier molecular flexibility index (Phi) is 4.41. The van der Waals surface area contributed by atoms with E-state index in [1.807, 2.05) is 10.9 Å². The lowest BCUT2D eigenvalue weighted by atomic mass is 10.1. The number of ether oxygens (including phenoxy) is 1. The van der Waals surface area contributed by atoms with Crippen molar-refractivity contribution in [1.29, 1.82) is 0 Å². The first-order valence-corrected chi connectivity index (χ1v) is 6.62. The third-order valence-corrected chi connectivity index (χ3v) is 3.21. The molecule has 2 rings (SSSR count). The normalized spacial score (nSPS) is 19.8. The van der Waals surface area contributed by atoms with Crippen molar-refractivity contribution in [3.8, 4) is 12.3 Å². The molecule has 0 radical (unpaired) electrons. The second kappa shape index (κ2) is 6.05. The zero-order valence-electron chi connectivity index (χ0n) is 11.8. The maximum absolute atomic E-state index is 5.62. The average molecular weight is 259 g/mol. The molecule has 102 valence electrons. The average Bonchev–Trinajstić information content (AvgIpc) is 2.93. The molecule has 4 nitrogen and oxygen atoms in total. The van der Waals surface area contributed by atoms with E-state index in [2.05, 4.69) is 42.3 Å². The van der Waals surface area contributed by atoms with Gasteiger partial charge in [0, 0.05) is 25.4 Å². The molecule has 0 saturated heterocycles. The van der Waals surface area contributed by atoms with E-state index in [4.69, 9.17) is 11.2 Å². The van der Waals surface area contributed by atoms with Gasteiger partial charge in [-0.3, -0.25) is 10.00 Å². The Morgan fingerprint density at radius 2 is 2.47 bits per heavy atom. The molecule has 0 fully saturated rings. The SMILES string of the molecule is C#CC(C/C=C\C(C)C)n1cc2c(n1)CNC2OC. The molecule has 2 atom stereocenters. The van der Waals surface area contributed by atoms with Crippen LogP contribution in [0.4, 0.5) is 0 Å². The number of fused-ring (bicyclic) bond motifs is 1. The van der Waals surface area contributed by atoms with Gasteiger partial charge in [0.2, 0.25) is 0 Å². The Labute approximate surface area is 114 Å². The molecule has 1 aromatic heterocycles. The van der Waals surface area contributed by atoms with Crippen LogP contribution < -0.4 is 5.32 Å². The molecule has 0 amide bonds. The highest BCUT2D eigenvalue weighted by Crippen LogP contribution is 2.26. The van der Waals surface area contributed by atoms with Gasteiger partial charge in [0.05, 0.1) is 5.69 Å². The third kappa shape index (κ3) is 3.06. The highest BCUT2D eigenvalue weighted by atomic mass is 16.5. The van der Waals surface area contributed by atoms with Crippen molar-refractivity contribution in [2.24, 2.45) is 5.92 Å². The van der Waals surface area contributed by atoms with Crippen LogP contribution in [-0.2, 0) is 11.3 Å². The van der Waals surface area contributed by atoms with Crippen molar-refractivity contribution in [3.63, 3.8) is 0 Å². The molecule has 1 aromatic rings. The lowest BCUT2D eigenvalue weighted by molar-refractivity contribution is 0.0823. The number of hydrogen-bond donors (Lipinski definition) is 1. The summed E-state index contributed by atoms with van der Waals surface area (Å²) in [7, 11) is 1.69. The van der Waals surface area contributed by atoms with Gasteiger partial charge < -0.3 is 4.74 Å². The highest BCUT2D eigenvalue weighted by Gasteiger charge is 2.26. The number of rotatable bonds is 5. The van der Waals surface area contributed by atoms with Crippen LogP contribution in [-0.4, -0.2) is 16.9 Å². The number of nitrogens with one attached hydrogen (secondary N) is 1. The minimum Gasteiger partial charge on any atom is -0.362 e. The molecule has 19 heavy (non-hydrogen) atoms. The van der Waals surface area contributed by atoms with Crippen LogP contribution in [0.2, 0.25) is 0 Å². The fraction of sp³-hybridized carbons (Fsp3) is 0.533. The van der Waals surface area contributed by atoms with Gasteiger partial charge in [-0.1, -0.05) is 31.9 Å². The lowest BCUT2D eigenvalue weighted by Crippen LogP contribution is -2.16. The molecule has 1 aliphatic heterocycles. The van der Waals surface area contributed by atoms with Crippen LogP contribution in [0.15, 0.2) is 18.3 Å².